The lowest BCUT2D eigenvalue weighted by Crippen LogP contribution is -2.46. The number of aliphatic imine (C=N–C) groups is 1. The molecule has 3 rings (SSSR count). The molecule has 160 valence electrons. The summed E-state index contributed by atoms with van der Waals surface area (Å²) in [6.07, 6.45) is 3.40. The summed E-state index contributed by atoms with van der Waals surface area (Å²) in [6.45, 7) is 12.3. The highest BCUT2D eigenvalue weighted by atomic mass is 32.1. The van der Waals surface area contributed by atoms with E-state index in [0.29, 0.717) is 12.0 Å². The fourth-order valence-corrected chi connectivity index (χ4v) is 4.78. The van der Waals surface area contributed by atoms with Gasteiger partial charge in [0.25, 0.3) is 0 Å². The van der Waals surface area contributed by atoms with Crippen LogP contribution in [0.15, 0.2) is 21.5 Å². The standard InChI is InChI=1S/C22H35N5OS/c1-15(12-20-7-6-16(2)29-20)25-22(23-5)24-13-19-8-10-27(11-9-19)14-21-26-17(3)18(4)28-21/h6-7,15,19H,8-14H2,1-5H3,(H2,23,24,25). The zero-order valence-electron chi connectivity index (χ0n) is 18.4. The molecule has 0 saturated carbocycles. The number of guanidine groups is 1. The molecule has 2 N–H and O–H groups in total. The summed E-state index contributed by atoms with van der Waals surface area (Å²) in [5.41, 5.74) is 1.00. The van der Waals surface area contributed by atoms with Crippen molar-refractivity contribution in [2.24, 2.45) is 10.9 Å². The van der Waals surface area contributed by atoms with Crippen molar-refractivity contribution in [2.75, 3.05) is 26.7 Å². The minimum Gasteiger partial charge on any atom is -0.444 e. The van der Waals surface area contributed by atoms with Crippen LogP contribution in [0.25, 0.3) is 0 Å². The van der Waals surface area contributed by atoms with Crippen LogP contribution in [-0.2, 0) is 13.0 Å². The van der Waals surface area contributed by atoms with E-state index >= 15 is 0 Å². The van der Waals surface area contributed by atoms with Gasteiger partial charge in [-0.15, -0.1) is 11.3 Å². The van der Waals surface area contributed by atoms with Gasteiger partial charge in [-0.05, 0) is 71.7 Å². The van der Waals surface area contributed by atoms with Gasteiger partial charge < -0.3 is 15.1 Å². The highest BCUT2D eigenvalue weighted by Gasteiger charge is 2.21. The predicted octanol–water partition coefficient (Wildman–Crippen LogP) is 3.67. The molecule has 1 saturated heterocycles. The lowest BCUT2D eigenvalue weighted by molar-refractivity contribution is 0.164. The topological polar surface area (TPSA) is 65.7 Å². The molecule has 0 amide bonds. The Morgan fingerprint density at radius 3 is 2.66 bits per heavy atom. The normalized spacial score (nSPS) is 17.5. The first kappa shape index (κ1) is 21.8. The van der Waals surface area contributed by atoms with Gasteiger partial charge in [-0.1, -0.05) is 0 Å². The number of aryl methyl sites for hydroxylation is 3. The number of nitrogens with one attached hydrogen (secondary N) is 2. The van der Waals surface area contributed by atoms with Gasteiger partial charge in [0.2, 0.25) is 5.89 Å². The smallest absolute Gasteiger partial charge is 0.208 e. The maximum absolute atomic E-state index is 5.73. The van der Waals surface area contributed by atoms with Crippen LogP contribution in [0.2, 0.25) is 0 Å². The minimum atomic E-state index is 0.355. The molecule has 29 heavy (non-hydrogen) atoms. The van der Waals surface area contributed by atoms with Crippen LogP contribution < -0.4 is 10.6 Å². The van der Waals surface area contributed by atoms with Crippen molar-refractivity contribution < 1.29 is 4.42 Å². The molecule has 1 aliphatic heterocycles. The van der Waals surface area contributed by atoms with E-state index in [9.17, 15) is 0 Å². The van der Waals surface area contributed by atoms with E-state index in [1.54, 1.807) is 0 Å². The molecule has 1 aliphatic rings. The predicted molar refractivity (Wildman–Crippen MR) is 121 cm³/mol. The molecule has 0 aromatic carbocycles. The first-order valence-electron chi connectivity index (χ1n) is 10.6. The van der Waals surface area contributed by atoms with Crippen LogP contribution in [0.5, 0.6) is 0 Å². The number of hydrogen-bond acceptors (Lipinski definition) is 5. The molecule has 3 heterocycles. The molecule has 0 aliphatic carbocycles. The third-order valence-corrected chi connectivity index (χ3v) is 6.63. The summed E-state index contributed by atoms with van der Waals surface area (Å²) >= 11 is 1.87. The van der Waals surface area contributed by atoms with Gasteiger partial charge in [0.1, 0.15) is 5.76 Å². The van der Waals surface area contributed by atoms with Gasteiger partial charge in [0.05, 0.1) is 12.2 Å². The quantitative estimate of drug-likeness (QED) is 0.532. The monoisotopic (exact) mass is 417 g/mol. The molecular formula is C22H35N5OS. The van der Waals surface area contributed by atoms with Gasteiger partial charge >= 0.3 is 0 Å². The highest BCUT2D eigenvalue weighted by molar-refractivity contribution is 7.11. The molecule has 6 nitrogen and oxygen atoms in total. The molecule has 7 heteroatoms. The molecule has 1 unspecified atom stereocenters. The Morgan fingerprint density at radius 1 is 1.31 bits per heavy atom. The van der Waals surface area contributed by atoms with Gasteiger partial charge in [-0.2, -0.15) is 0 Å². The molecular weight excluding hydrogens is 382 g/mol. The van der Waals surface area contributed by atoms with Gasteiger partial charge in [-0.3, -0.25) is 9.89 Å². The van der Waals surface area contributed by atoms with E-state index in [1.165, 1.54) is 22.6 Å². The Labute approximate surface area is 178 Å². The Kier molecular flexibility index (Phi) is 7.72. The molecule has 2 aromatic heterocycles. The summed E-state index contributed by atoms with van der Waals surface area (Å²) in [4.78, 5) is 14.1. The first-order chi connectivity index (χ1) is 13.9. The second-order valence-electron chi connectivity index (χ2n) is 8.18. The van der Waals surface area contributed by atoms with Crippen molar-refractivity contribution in [3.63, 3.8) is 0 Å². The number of oxazole rings is 1. The molecule has 2 aromatic rings. The van der Waals surface area contributed by atoms with Crippen LogP contribution >= 0.6 is 11.3 Å². The lowest BCUT2D eigenvalue weighted by atomic mass is 9.97. The largest absolute Gasteiger partial charge is 0.444 e. The summed E-state index contributed by atoms with van der Waals surface area (Å²) in [5, 5.41) is 7.06. The summed E-state index contributed by atoms with van der Waals surface area (Å²) < 4.78 is 5.73. The van der Waals surface area contributed by atoms with Gasteiger partial charge in [0, 0.05) is 35.8 Å². The van der Waals surface area contributed by atoms with Crippen LogP contribution in [0, 0.1) is 26.7 Å². The van der Waals surface area contributed by atoms with Crippen molar-refractivity contribution in [1.29, 1.82) is 0 Å². The number of piperidine rings is 1. The van der Waals surface area contributed by atoms with Crippen LogP contribution in [0.3, 0.4) is 0 Å². The molecule has 1 atom stereocenters. The number of nitrogens with zero attached hydrogens (tertiary/aromatic N) is 3. The first-order valence-corrected chi connectivity index (χ1v) is 11.4. The van der Waals surface area contributed by atoms with E-state index in [0.717, 1.165) is 55.9 Å². The van der Waals surface area contributed by atoms with E-state index in [-0.39, 0.29) is 0 Å². The molecule has 0 spiro atoms. The summed E-state index contributed by atoms with van der Waals surface area (Å²) in [5.74, 6) is 3.35. The Hall–Kier alpha value is -1.86. The van der Waals surface area contributed by atoms with E-state index in [1.807, 2.05) is 32.2 Å². The second kappa shape index (κ2) is 10.3. The maximum Gasteiger partial charge on any atom is 0.208 e. The van der Waals surface area contributed by atoms with Crippen molar-refractivity contribution in [2.45, 2.75) is 59.5 Å². The van der Waals surface area contributed by atoms with Crippen LogP contribution in [-0.4, -0.2) is 48.6 Å². The maximum atomic E-state index is 5.73. The average molecular weight is 418 g/mol. The zero-order chi connectivity index (χ0) is 20.8. The average Bonchev–Trinajstić information content (AvgIpc) is 3.24. The third kappa shape index (κ3) is 6.57. The Balaban J connectivity index is 1.37. The Morgan fingerprint density at radius 2 is 2.07 bits per heavy atom. The van der Waals surface area contributed by atoms with E-state index < -0.39 is 0 Å². The van der Waals surface area contributed by atoms with Crippen molar-refractivity contribution in [3.05, 3.63) is 39.2 Å². The molecule has 0 bridgehead atoms. The van der Waals surface area contributed by atoms with Gasteiger partial charge in [0.15, 0.2) is 5.96 Å². The molecule has 1 fully saturated rings. The number of likely N-dealkylation sites (tertiary alicyclic amines) is 1. The molecule has 0 radical (unpaired) electrons. The third-order valence-electron chi connectivity index (χ3n) is 5.61. The minimum absolute atomic E-state index is 0.355. The SMILES string of the molecule is CN=C(NCC1CCN(Cc2nc(C)c(C)o2)CC1)NC(C)Cc1ccc(C)s1. The van der Waals surface area contributed by atoms with Gasteiger partial charge in [-0.25, -0.2) is 4.98 Å². The summed E-state index contributed by atoms with van der Waals surface area (Å²) in [7, 11) is 1.85. The second-order valence-corrected chi connectivity index (χ2v) is 9.56. The van der Waals surface area contributed by atoms with Crippen molar-refractivity contribution in [3.8, 4) is 0 Å². The summed E-state index contributed by atoms with van der Waals surface area (Å²) in [6, 6.07) is 4.77. The lowest BCUT2D eigenvalue weighted by Gasteiger charge is -2.31. The number of thiophene rings is 1. The number of aromatic nitrogens is 1. The van der Waals surface area contributed by atoms with Crippen molar-refractivity contribution in [1.82, 2.24) is 20.5 Å². The zero-order valence-corrected chi connectivity index (χ0v) is 19.2. The highest BCUT2D eigenvalue weighted by Crippen LogP contribution is 2.19. The fourth-order valence-electron chi connectivity index (χ4n) is 3.76. The van der Waals surface area contributed by atoms with E-state index in [4.69, 9.17) is 4.42 Å². The Bertz CT molecular complexity index is 784. The van der Waals surface area contributed by atoms with E-state index in [2.05, 4.69) is 51.5 Å². The fraction of sp³-hybridized carbons (Fsp3) is 0.636. The van der Waals surface area contributed by atoms with Crippen molar-refractivity contribution >= 4 is 17.3 Å². The number of hydrogen-bond donors (Lipinski definition) is 2. The van der Waals surface area contributed by atoms with Crippen LogP contribution in [0.4, 0.5) is 0 Å². The van der Waals surface area contributed by atoms with Crippen LogP contribution in [0.1, 0.15) is 46.9 Å². The number of rotatable bonds is 7.